The van der Waals surface area contributed by atoms with Crippen LogP contribution in [0.15, 0.2) is 30.3 Å². The summed E-state index contributed by atoms with van der Waals surface area (Å²) in [6.45, 7) is 7.83. The molecule has 0 radical (unpaired) electrons. The minimum absolute atomic E-state index is 0.289. The molecule has 5 nitrogen and oxygen atoms in total. The standard InChI is InChI=1S/C18H23ClN4O/c1-4-10-23(11-5-2)18-20-13(3)12-16(22-18)17(24)21-15-9-7-6-8-14(15)19/h6-9,12H,4-5,10-11H2,1-3H3,(H,21,24). The van der Waals surface area contributed by atoms with Gasteiger partial charge in [-0.2, -0.15) is 0 Å². The third-order valence-electron chi connectivity index (χ3n) is 3.47. The second-order valence-corrected chi connectivity index (χ2v) is 6.02. The van der Waals surface area contributed by atoms with Crippen LogP contribution in [-0.4, -0.2) is 29.0 Å². The van der Waals surface area contributed by atoms with E-state index in [4.69, 9.17) is 11.6 Å². The number of aryl methyl sites for hydroxylation is 1. The van der Waals surface area contributed by atoms with Crippen LogP contribution in [-0.2, 0) is 0 Å². The van der Waals surface area contributed by atoms with Crippen molar-refractivity contribution in [1.82, 2.24) is 9.97 Å². The highest BCUT2D eigenvalue weighted by molar-refractivity contribution is 6.33. The summed E-state index contributed by atoms with van der Waals surface area (Å²) in [4.78, 5) is 23.6. The number of rotatable bonds is 7. The lowest BCUT2D eigenvalue weighted by molar-refractivity contribution is 0.102. The molecule has 0 aliphatic rings. The number of carbonyl (C=O) groups excluding carboxylic acids is 1. The van der Waals surface area contributed by atoms with Gasteiger partial charge in [0, 0.05) is 18.8 Å². The number of halogens is 1. The highest BCUT2D eigenvalue weighted by Gasteiger charge is 2.15. The number of para-hydroxylation sites is 1. The predicted molar refractivity (Wildman–Crippen MR) is 99.0 cm³/mol. The molecule has 0 unspecified atom stereocenters. The molecular formula is C18H23ClN4O. The molecule has 0 atom stereocenters. The van der Waals surface area contributed by atoms with E-state index >= 15 is 0 Å². The summed E-state index contributed by atoms with van der Waals surface area (Å²) in [7, 11) is 0. The second-order valence-electron chi connectivity index (χ2n) is 5.62. The molecule has 0 bridgehead atoms. The van der Waals surface area contributed by atoms with Gasteiger partial charge in [-0.3, -0.25) is 4.79 Å². The zero-order valence-corrected chi connectivity index (χ0v) is 15.1. The van der Waals surface area contributed by atoms with Gasteiger partial charge in [-0.1, -0.05) is 37.6 Å². The first-order chi connectivity index (χ1) is 11.5. The van der Waals surface area contributed by atoms with E-state index in [-0.39, 0.29) is 5.91 Å². The Labute approximate surface area is 148 Å². The molecule has 2 rings (SSSR count). The number of carbonyl (C=O) groups is 1. The van der Waals surface area contributed by atoms with Gasteiger partial charge in [-0.15, -0.1) is 0 Å². The number of nitrogens with zero attached hydrogens (tertiary/aromatic N) is 3. The summed E-state index contributed by atoms with van der Waals surface area (Å²) in [5, 5.41) is 3.30. The van der Waals surface area contributed by atoms with Crippen molar-refractivity contribution in [3.05, 3.63) is 46.7 Å². The van der Waals surface area contributed by atoms with Crippen LogP contribution >= 0.6 is 11.6 Å². The number of benzene rings is 1. The molecule has 0 aliphatic carbocycles. The maximum Gasteiger partial charge on any atom is 0.274 e. The summed E-state index contributed by atoms with van der Waals surface area (Å²) in [6, 6.07) is 8.82. The van der Waals surface area contributed by atoms with Gasteiger partial charge in [-0.25, -0.2) is 9.97 Å². The van der Waals surface area contributed by atoms with Crippen molar-refractivity contribution < 1.29 is 4.79 Å². The Morgan fingerprint density at radius 1 is 1.17 bits per heavy atom. The molecule has 1 N–H and O–H groups in total. The molecule has 1 aromatic carbocycles. The van der Waals surface area contributed by atoms with Crippen molar-refractivity contribution in [2.24, 2.45) is 0 Å². The van der Waals surface area contributed by atoms with E-state index in [2.05, 4.69) is 34.0 Å². The lowest BCUT2D eigenvalue weighted by atomic mass is 10.2. The SMILES string of the molecule is CCCN(CCC)c1nc(C)cc(C(=O)Nc2ccccc2Cl)n1. The number of hydrogen-bond donors (Lipinski definition) is 1. The molecule has 0 aliphatic heterocycles. The first kappa shape index (κ1) is 18.2. The number of nitrogens with one attached hydrogen (secondary N) is 1. The maximum atomic E-state index is 12.5. The number of aromatic nitrogens is 2. The van der Waals surface area contributed by atoms with Crippen LogP contribution in [0.4, 0.5) is 11.6 Å². The van der Waals surface area contributed by atoms with Crippen LogP contribution < -0.4 is 10.2 Å². The Kier molecular flexibility index (Phi) is 6.55. The number of hydrogen-bond acceptors (Lipinski definition) is 4. The van der Waals surface area contributed by atoms with Crippen LogP contribution in [0.5, 0.6) is 0 Å². The zero-order valence-electron chi connectivity index (χ0n) is 14.3. The van der Waals surface area contributed by atoms with Crippen molar-refractivity contribution in [2.45, 2.75) is 33.6 Å². The fourth-order valence-corrected chi connectivity index (χ4v) is 2.59. The highest BCUT2D eigenvalue weighted by atomic mass is 35.5. The quantitative estimate of drug-likeness (QED) is 0.811. The smallest absolute Gasteiger partial charge is 0.274 e. The monoisotopic (exact) mass is 346 g/mol. The van der Waals surface area contributed by atoms with Crippen LogP contribution in [0.3, 0.4) is 0 Å². The number of anilines is 2. The summed E-state index contributed by atoms with van der Waals surface area (Å²) in [5.41, 5.74) is 1.68. The number of amides is 1. The Morgan fingerprint density at radius 3 is 2.46 bits per heavy atom. The Bertz CT molecular complexity index is 699. The first-order valence-electron chi connectivity index (χ1n) is 8.21. The predicted octanol–water partition coefficient (Wildman–Crippen LogP) is 4.32. The average molecular weight is 347 g/mol. The Hall–Kier alpha value is -2.14. The van der Waals surface area contributed by atoms with Gasteiger partial charge < -0.3 is 10.2 Å². The van der Waals surface area contributed by atoms with Crippen LogP contribution in [0.1, 0.15) is 42.9 Å². The molecule has 1 aromatic heterocycles. The average Bonchev–Trinajstić information content (AvgIpc) is 2.56. The maximum absolute atomic E-state index is 12.5. The van der Waals surface area contributed by atoms with Gasteiger partial charge >= 0.3 is 0 Å². The molecule has 0 saturated carbocycles. The van der Waals surface area contributed by atoms with Gasteiger partial charge in [0.1, 0.15) is 5.69 Å². The van der Waals surface area contributed by atoms with Gasteiger partial charge in [0.05, 0.1) is 10.7 Å². The van der Waals surface area contributed by atoms with Gasteiger partial charge in [-0.05, 0) is 38.0 Å². The lowest BCUT2D eigenvalue weighted by Crippen LogP contribution is -2.28. The molecule has 0 fully saturated rings. The van der Waals surface area contributed by atoms with E-state index in [1.807, 2.05) is 19.1 Å². The van der Waals surface area contributed by atoms with E-state index < -0.39 is 0 Å². The van der Waals surface area contributed by atoms with Crippen molar-refractivity contribution in [3.63, 3.8) is 0 Å². The fraction of sp³-hybridized carbons (Fsp3) is 0.389. The molecule has 0 spiro atoms. The summed E-state index contributed by atoms with van der Waals surface area (Å²) >= 11 is 6.10. The van der Waals surface area contributed by atoms with Gasteiger partial charge in [0.25, 0.3) is 5.91 Å². The second kappa shape index (κ2) is 8.64. The molecule has 1 amide bonds. The van der Waals surface area contributed by atoms with Gasteiger partial charge in [0.2, 0.25) is 5.95 Å². The largest absolute Gasteiger partial charge is 0.341 e. The minimum Gasteiger partial charge on any atom is -0.341 e. The van der Waals surface area contributed by atoms with E-state index in [0.29, 0.717) is 22.4 Å². The lowest BCUT2D eigenvalue weighted by Gasteiger charge is -2.22. The van der Waals surface area contributed by atoms with Gasteiger partial charge in [0.15, 0.2) is 0 Å². The van der Waals surface area contributed by atoms with Crippen molar-refractivity contribution in [1.29, 1.82) is 0 Å². The Balaban J connectivity index is 2.26. The third kappa shape index (κ3) is 4.68. The molecule has 6 heteroatoms. The van der Waals surface area contributed by atoms with E-state index in [1.54, 1.807) is 18.2 Å². The van der Waals surface area contributed by atoms with Crippen LogP contribution in [0, 0.1) is 6.92 Å². The first-order valence-corrected chi connectivity index (χ1v) is 8.59. The molecule has 24 heavy (non-hydrogen) atoms. The molecular weight excluding hydrogens is 324 g/mol. The molecule has 0 saturated heterocycles. The highest BCUT2D eigenvalue weighted by Crippen LogP contribution is 2.21. The summed E-state index contributed by atoms with van der Waals surface area (Å²) < 4.78 is 0. The van der Waals surface area contributed by atoms with Crippen LogP contribution in [0.2, 0.25) is 5.02 Å². The zero-order chi connectivity index (χ0) is 17.5. The normalized spacial score (nSPS) is 10.5. The summed E-state index contributed by atoms with van der Waals surface area (Å²) in [5.74, 6) is 0.311. The minimum atomic E-state index is -0.289. The molecule has 2 aromatic rings. The van der Waals surface area contributed by atoms with E-state index in [9.17, 15) is 4.79 Å². The van der Waals surface area contributed by atoms with Crippen molar-refractivity contribution in [3.8, 4) is 0 Å². The van der Waals surface area contributed by atoms with E-state index in [1.165, 1.54) is 0 Å². The van der Waals surface area contributed by atoms with Crippen molar-refractivity contribution >= 4 is 29.1 Å². The fourth-order valence-electron chi connectivity index (χ4n) is 2.41. The molecule has 128 valence electrons. The summed E-state index contributed by atoms with van der Waals surface area (Å²) in [6.07, 6.45) is 2.00. The van der Waals surface area contributed by atoms with E-state index in [0.717, 1.165) is 31.6 Å². The topological polar surface area (TPSA) is 58.1 Å². The van der Waals surface area contributed by atoms with Crippen molar-refractivity contribution in [2.75, 3.05) is 23.3 Å². The molecule has 1 heterocycles. The third-order valence-corrected chi connectivity index (χ3v) is 3.80. The van der Waals surface area contributed by atoms with Crippen LogP contribution in [0.25, 0.3) is 0 Å². The Morgan fingerprint density at radius 2 is 1.83 bits per heavy atom.